The van der Waals surface area contributed by atoms with Gasteiger partial charge in [0.15, 0.2) is 18.1 Å². The highest BCUT2D eigenvalue weighted by molar-refractivity contribution is 9.10. The summed E-state index contributed by atoms with van der Waals surface area (Å²) in [5.41, 5.74) is 2.82. The van der Waals surface area contributed by atoms with Gasteiger partial charge in [0, 0.05) is 15.8 Å². The first-order chi connectivity index (χ1) is 18.7. The maximum atomic E-state index is 12.9. The number of imide groups is 1. The Balaban J connectivity index is 1.37. The number of halogens is 1. The lowest BCUT2D eigenvalue weighted by Gasteiger charge is -2.13. The molecule has 0 radical (unpaired) electrons. The van der Waals surface area contributed by atoms with Crippen molar-refractivity contribution in [2.75, 3.05) is 30.9 Å². The number of amides is 4. The van der Waals surface area contributed by atoms with Crippen molar-refractivity contribution in [2.45, 2.75) is 6.92 Å². The molecule has 200 valence electrons. The van der Waals surface area contributed by atoms with Crippen LogP contribution in [0.1, 0.15) is 11.1 Å². The van der Waals surface area contributed by atoms with Crippen molar-refractivity contribution in [1.82, 2.24) is 4.90 Å². The van der Waals surface area contributed by atoms with Crippen molar-refractivity contribution in [3.8, 4) is 11.5 Å². The number of ether oxygens (including phenoxy) is 2. The third kappa shape index (κ3) is 7.49. The zero-order valence-electron chi connectivity index (χ0n) is 21.0. The summed E-state index contributed by atoms with van der Waals surface area (Å²) < 4.78 is 11.9. The summed E-state index contributed by atoms with van der Waals surface area (Å²) in [5, 5.41) is 4.90. The monoisotopic (exact) mass is 609 g/mol. The Hall–Kier alpha value is -4.09. The van der Waals surface area contributed by atoms with Gasteiger partial charge in [-0.1, -0.05) is 34.1 Å². The molecule has 0 bridgehead atoms. The van der Waals surface area contributed by atoms with E-state index in [0.717, 1.165) is 26.7 Å². The normalized spacial score (nSPS) is 13.9. The van der Waals surface area contributed by atoms with Crippen LogP contribution >= 0.6 is 27.7 Å². The Labute approximate surface area is 237 Å². The second-order valence-corrected chi connectivity index (χ2v) is 10.3. The molecule has 3 aromatic rings. The molecule has 1 aliphatic heterocycles. The SMILES string of the molecule is COc1cc(/C=C2/SC(=O)N(CC(=O)Nc3ccc(Br)cc3)C2=O)ccc1OCC(=O)Nc1cccc(C)c1. The zero-order valence-corrected chi connectivity index (χ0v) is 23.4. The first-order valence-electron chi connectivity index (χ1n) is 11.7. The molecule has 3 aromatic carbocycles. The van der Waals surface area contributed by atoms with Gasteiger partial charge in [-0.05, 0) is 84.4 Å². The molecule has 0 saturated carbocycles. The zero-order chi connectivity index (χ0) is 27.9. The highest BCUT2D eigenvalue weighted by Gasteiger charge is 2.36. The van der Waals surface area contributed by atoms with Crippen molar-refractivity contribution < 1.29 is 28.7 Å². The lowest BCUT2D eigenvalue weighted by molar-refractivity contribution is -0.127. The Morgan fingerprint density at radius 2 is 1.69 bits per heavy atom. The number of hydrogen-bond acceptors (Lipinski definition) is 7. The van der Waals surface area contributed by atoms with Crippen LogP contribution in [0.2, 0.25) is 0 Å². The molecule has 39 heavy (non-hydrogen) atoms. The number of nitrogens with zero attached hydrogens (tertiary/aromatic N) is 1. The fourth-order valence-electron chi connectivity index (χ4n) is 3.62. The van der Waals surface area contributed by atoms with Gasteiger partial charge in [-0.2, -0.15) is 0 Å². The predicted octanol–water partition coefficient (Wildman–Crippen LogP) is 5.46. The first kappa shape index (κ1) is 27.9. The molecule has 1 aliphatic rings. The molecular weight excluding hydrogens is 586 g/mol. The van der Waals surface area contributed by atoms with E-state index in [4.69, 9.17) is 9.47 Å². The van der Waals surface area contributed by atoms with Gasteiger partial charge in [0.05, 0.1) is 12.0 Å². The summed E-state index contributed by atoms with van der Waals surface area (Å²) in [5.74, 6) is -0.699. The number of nitrogens with one attached hydrogen (secondary N) is 2. The number of carbonyl (C=O) groups excluding carboxylic acids is 4. The molecule has 0 aliphatic carbocycles. The molecule has 1 saturated heterocycles. The largest absolute Gasteiger partial charge is 0.493 e. The van der Waals surface area contributed by atoms with Crippen molar-refractivity contribution in [2.24, 2.45) is 0 Å². The molecule has 0 atom stereocenters. The van der Waals surface area contributed by atoms with Crippen LogP contribution < -0.4 is 20.1 Å². The average molecular weight is 610 g/mol. The highest BCUT2D eigenvalue weighted by Crippen LogP contribution is 2.34. The molecule has 0 unspecified atom stereocenters. The number of thioether (sulfide) groups is 1. The third-order valence-electron chi connectivity index (χ3n) is 5.45. The van der Waals surface area contributed by atoms with E-state index in [0.29, 0.717) is 28.4 Å². The highest BCUT2D eigenvalue weighted by atomic mass is 79.9. The van der Waals surface area contributed by atoms with E-state index >= 15 is 0 Å². The van der Waals surface area contributed by atoms with E-state index < -0.39 is 23.6 Å². The number of rotatable bonds is 9. The quantitative estimate of drug-likeness (QED) is 0.310. The third-order valence-corrected chi connectivity index (χ3v) is 6.89. The molecule has 1 fully saturated rings. The smallest absolute Gasteiger partial charge is 0.294 e. The number of carbonyl (C=O) groups is 4. The second-order valence-electron chi connectivity index (χ2n) is 8.44. The van der Waals surface area contributed by atoms with Crippen LogP contribution in [0.5, 0.6) is 11.5 Å². The summed E-state index contributed by atoms with van der Waals surface area (Å²) in [6, 6.07) is 19.3. The molecule has 1 heterocycles. The molecule has 0 aromatic heterocycles. The van der Waals surface area contributed by atoms with Crippen molar-refractivity contribution in [3.05, 3.63) is 87.2 Å². The topological polar surface area (TPSA) is 114 Å². The van der Waals surface area contributed by atoms with Gasteiger partial charge in [-0.15, -0.1) is 0 Å². The molecule has 11 heteroatoms. The molecular formula is C28H24BrN3O6S. The average Bonchev–Trinajstić information content (AvgIpc) is 3.16. The number of methoxy groups -OCH3 is 1. The Morgan fingerprint density at radius 3 is 2.41 bits per heavy atom. The van der Waals surface area contributed by atoms with Gasteiger partial charge in [0.2, 0.25) is 5.91 Å². The van der Waals surface area contributed by atoms with Crippen LogP contribution in [0.3, 0.4) is 0 Å². The van der Waals surface area contributed by atoms with E-state index in [1.54, 1.807) is 48.5 Å². The lowest BCUT2D eigenvalue weighted by atomic mass is 10.2. The van der Waals surface area contributed by atoms with E-state index in [2.05, 4.69) is 26.6 Å². The van der Waals surface area contributed by atoms with Gasteiger partial charge >= 0.3 is 0 Å². The van der Waals surface area contributed by atoms with E-state index in [1.165, 1.54) is 13.2 Å². The van der Waals surface area contributed by atoms with Gasteiger partial charge in [-0.25, -0.2) is 0 Å². The number of benzene rings is 3. The van der Waals surface area contributed by atoms with Crippen LogP contribution in [0, 0.1) is 6.92 Å². The van der Waals surface area contributed by atoms with Gasteiger partial charge in [0.1, 0.15) is 6.54 Å². The van der Waals surface area contributed by atoms with Gasteiger partial charge in [-0.3, -0.25) is 24.1 Å². The standard InChI is InChI=1S/C28H24BrN3O6S/c1-17-4-3-5-21(12-17)31-26(34)16-38-22-11-6-18(13-23(22)37-2)14-24-27(35)32(28(36)39-24)15-25(33)30-20-9-7-19(29)8-10-20/h3-14H,15-16H2,1-2H3,(H,30,33)(H,31,34)/b24-14+. The molecule has 9 nitrogen and oxygen atoms in total. The summed E-state index contributed by atoms with van der Waals surface area (Å²) in [6.45, 7) is 1.30. The second kappa shape index (κ2) is 12.6. The minimum atomic E-state index is -0.567. The summed E-state index contributed by atoms with van der Waals surface area (Å²) in [6.07, 6.45) is 1.54. The van der Waals surface area contributed by atoms with Crippen molar-refractivity contribution in [1.29, 1.82) is 0 Å². The minimum Gasteiger partial charge on any atom is -0.493 e. The summed E-state index contributed by atoms with van der Waals surface area (Å²) >= 11 is 4.07. The maximum absolute atomic E-state index is 12.9. The summed E-state index contributed by atoms with van der Waals surface area (Å²) in [4.78, 5) is 51.1. The van der Waals surface area contributed by atoms with E-state index in [9.17, 15) is 19.2 Å². The van der Waals surface area contributed by atoms with Gasteiger partial charge < -0.3 is 20.1 Å². The summed E-state index contributed by atoms with van der Waals surface area (Å²) in [7, 11) is 1.46. The lowest BCUT2D eigenvalue weighted by Crippen LogP contribution is -2.36. The van der Waals surface area contributed by atoms with E-state index in [-0.39, 0.29) is 17.4 Å². The van der Waals surface area contributed by atoms with Crippen LogP contribution in [0.4, 0.5) is 16.2 Å². The van der Waals surface area contributed by atoms with Crippen LogP contribution in [-0.4, -0.2) is 48.1 Å². The fourth-order valence-corrected chi connectivity index (χ4v) is 4.72. The van der Waals surface area contributed by atoms with E-state index in [1.807, 2.05) is 25.1 Å². The predicted molar refractivity (Wildman–Crippen MR) is 154 cm³/mol. The maximum Gasteiger partial charge on any atom is 0.294 e. The van der Waals surface area contributed by atoms with Crippen molar-refractivity contribution >= 4 is 68.1 Å². The van der Waals surface area contributed by atoms with Crippen LogP contribution in [-0.2, 0) is 14.4 Å². The minimum absolute atomic E-state index is 0.171. The fraction of sp³-hybridized carbons (Fsp3) is 0.143. The molecule has 4 amide bonds. The molecule has 0 spiro atoms. The Kier molecular flexibility index (Phi) is 9.05. The first-order valence-corrected chi connectivity index (χ1v) is 13.3. The molecule has 4 rings (SSSR count). The number of anilines is 2. The molecule has 2 N–H and O–H groups in total. The van der Waals surface area contributed by atoms with Crippen LogP contribution in [0.15, 0.2) is 76.1 Å². The Bertz CT molecular complexity index is 1460. The number of hydrogen-bond donors (Lipinski definition) is 2. The van der Waals surface area contributed by atoms with Gasteiger partial charge in [0.25, 0.3) is 17.1 Å². The number of aryl methyl sites for hydroxylation is 1. The Morgan fingerprint density at radius 1 is 0.949 bits per heavy atom. The van der Waals surface area contributed by atoms with Crippen LogP contribution in [0.25, 0.3) is 6.08 Å². The van der Waals surface area contributed by atoms with Crippen molar-refractivity contribution in [3.63, 3.8) is 0 Å².